The number of aromatic nitrogens is 2. The molecule has 0 spiro atoms. The van der Waals surface area contributed by atoms with Gasteiger partial charge in [0, 0.05) is 41.3 Å². The van der Waals surface area contributed by atoms with Crippen LogP contribution >= 0.6 is 0 Å². The lowest BCUT2D eigenvalue weighted by molar-refractivity contribution is -0.384. The molecule has 7 heteroatoms. The Bertz CT molecular complexity index is 1200. The summed E-state index contributed by atoms with van der Waals surface area (Å²) in [5, 5.41) is 13.5. The first-order valence-corrected chi connectivity index (χ1v) is 8.62. The van der Waals surface area contributed by atoms with Crippen molar-refractivity contribution in [3.05, 3.63) is 94.3 Å². The van der Waals surface area contributed by atoms with Gasteiger partial charge in [-0.2, -0.15) is 0 Å². The average Bonchev–Trinajstić information content (AvgIpc) is 3.14. The van der Waals surface area contributed by atoms with Crippen LogP contribution in [0.2, 0.25) is 0 Å². The second-order valence-electron chi connectivity index (χ2n) is 6.39. The quantitative estimate of drug-likeness (QED) is 0.423. The number of nitro benzene ring substituents is 1. The van der Waals surface area contributed by atoms with E-state index in [4.69, 9.17) is 0 Å². The summed E-state index contributed by atoms with van der Waals surface area (Å²) in [5.74, 6) is -0.335. The third kappa shape index (κ3) is 3.33. The molecule has 0 saturated heterocycles. The molecule has 4 aromatic rings. The first kappa shape index (κ1) is 17.4. The Morgan fingerprint density at radius 2 is 1.89 bits per heavy atom. The zero-order valence-corrected chi connectivity index (χ0v) is 15.0. The van der Waals surface area contributed by atoms with Crippen LogP contribution in [0.15, 0.2) is 73.1 Å². The Labute approximate surface area is 160 Å². The topological polar surface area (TPSA) is 89.5 Å². The zero-order valence-electron chi connectivity index (χ0n) is 15.0. The highest BCUT2D eigenvalue weighted by molar-refractivity contribution is 6.04. The van der Waals surface area contributed by atoms with E-state index < -0.39 is 4.92 Å². The summed E-state index contributed by atoms with van der Waals surface area (Å²) in [6, 6.07) is 16.9. The van der Waals surface area contributed by atoms with Crippen molar-refractivity contribution in [2.75, 3.05) is 5.32 Å². The number of nitro groups is 1. The van der Waals surface area contributed by atoms with Crippen LogP contribution in [-0.4, -0.2) is 20.2 Å². The summed E-state index contributed by atoms with van der Waals surface area (Å²) in [6.07, 6.45) is 3.89. The van der Waals surface area contributed by atoms with Crippen LogP contribution in [0, 0.1) is 17.0 Å². The summed E-state index contributed by atoms with van der Waals surface area (Å²) in [4.78, 5) is 27.3. The molecule has 2 aromatic heterocycles. The van der Waals surface area contributed by atoms with Gasteiger partial charge in [0.2, 0.25) is 0 Å². The molecule has 1 amide bonds. The van der Waals surface area contributed by atoms with Gasteiger partial charge in [-0.3, -0.25) is 14.9 Å². The van der Waals surface area contributed by atoms with E-state index in [1.165, 1.54) is 24.3 Å². The van der Waals surface area contributed by atoms with Gasteiger partial charge in [0.15, 0.2) is 0 Å². The molecule has 4 rings (SSSR count). The third-order valence-electron chi connectivity index (χ3n) is 4.43. The molecule has 2 heterocycles. The van der Waals surface area contributed by atoms with E-state index in [2.05, 4.69) is 10.3 Å². The van der Waals surface area contributed by atoms with Crippen molar-refractivity contribution >= 4 is 22.9 Å². The van der Waals surface area contributed by atoms with Gasteiger partial charge in [-0.15, -0.1) is 0 Å². The number of fused-ring (bicyclic) bond motifs is 1. The number of pyridine rings is 1. The number of non-ortho nitro benzene ring substituents is 1. The normalized spacial score (nSPS) is 10.8. The van der Waals surface area contributed by atoms with Gasteiger partial charge in [0.25, 0.3) is 11.6 Å². The number of amides is 1. The largest absolute Gasteiger partial charge is 0.322 e. The SMILES string of the molecule is Cc1cccn2cc(-c3cccc(NC(=O)c4ccc([N+](=O)[O-])cc4)c3)nc12. The molecule has 0 bridgehead atoms. The number of anilines is 1. The molecule has 2 aromatic carbocycles. The molecule has 0 aliphatic heterocycles. The molecular weight excluding hydrogens is 356 g/mol. The van der Waals surface area contributed by atoms with Crippen molar-refractivity contribution in [1.82, 2.24) is 9.38 Å². The maximum absolute atomic E-state index is 12.4. The van der Waals surface area contributed by atoms with Gasteiger partial charge in [-0.05, 0) is 42.8 Å². The minimum Gasteiger partial charge on any atom is -0.322 e. The monoisotopic (exact) mass is 372 g/mol. The molecule has 7 nitrogen and oxygen atoms in total. The molecule has 1 N–H and O–H groups in total. The number of rotatable bonds is 4. The zero-order chi connectivity index (χ0) is 19.7. The van der Waals surface area contributed by atoms with Gasteiger partial charge < -0.3 is 9.72 Å². The second-order valence-corrected chi connectivity index (χ2v) is 6.39. The Balaban J connectivity index is 1.58. The summed E-state index contributed by atoms with van der Waals surface area (Å²) in [5.41, 5.74) is 4.56. The van der Waals surface area contributed by atoms with E-state index in [-0.39, 0.29) is 11.6 Å². The smallest absolute Gasteiger partial charge is 0.269 e. The van der Waals surface area contributed by atoms with Crippen molar-refractivity contribution in [2.24, 2.45) is 0 Å². The van der Waals surface area contributed by atoms with Crippen molar-refractivity contribution in [3.8, 4) is 11.3 Å². The average molecular weight is 372 g/mol. The predicted molar refractivity (Wildman–Crippen MR) is 106 cm³/mol. The van der Waals surface area contributed by atoms with Gasteiger partial charge >= 0.3 is 0 Å². The third-order valence-corrected chi connectivity index (χ3v) is 4.43. The molecule has 0 radical (unpaired) electrons. The highest BCUT2D eigenvalue weighted by Crippen LogP contribution is 2.24. The highest BCUT2D eigenvalue weighted by Gasteiger charge is 2.11. The fourth-order valence-corrected chi connectivity index (χ4v) is 2.99. The lowest BCUT2D eigenvalue weighted by atomic mass is 10.1. The van der Waals surface area contributed by atoms with Crippen LogP contribution in [0.1, 0.15) is 15.9 Å². The lowest BCUT2D eigenvalue weighted by Crippen LogP contribution is -2.11. The van der Waals surface area contributed by atoms with Crippen molar-refractivity contribution < 1.29 is 9.72 Å². The molecule has 138 valence electrons. The molecule has 0 unspecified atom stereocenters. The van der Waals surface area contributed by atoms with E-state index >= 15 is 0 Å². The van der Waals surface area contributed by atoms with Gasteiger partial charge in [-0.25, -0.2) is 4.98 Å². The van der Waals surface area contributed by atoms with Crippen LogP contribution in [-0.2, 0) is 0 Å². The second kappa shape index (κ2) is 6.96. The van der Waals surface area contributed by atoms with Crippen LogP contribution in [0.5, 0.6) is 0 Å². The molecule has 0 aliphatic rings. The summed E-state index contributed by atoms with van der Waals surface area (Å²) < 4.78 is 1.97. The Hall–Kier alpha value is -4.00. The van der Waals surface area contributed by atoms with Crippen molar-refractivity contribution in [1.29, 1.82) is 0 Å². The van der Waals surface area contributed by atoms with Gasteiger partial charge in [0.1, 0.15) is 5.65 Å². The molecule has 0 aliphatic carbocycles. The number of nitrogens with one attached hydrogen (secondary N) is 1. The maximum Gasteiger partial charge on any atom is 0.269 e. The standard InChI is InChI=1S/C21H16N4O3/c1-14-4-3-11-24-13-19(23-20(14)24)16-5-2-6-17(12-16)22-21(26)15-7-9-18(10-8-15)25(27)28/h2-13H,1H3,(H,22,26). The van der Waals surface area contributed by atoms with Crippen molar-refractivity contribution in [3.63, 3.8) is 0 Å². The van der Waals surface area contributed by atoms with Crippen LogP contribution in [0.25, 0.3) is 16.9 Å². The molecule has 0 saturated carbocycles. The van der Waals surface area contributed by atoms with E-state index in [0.717, 1.165) is 22.5 Å². The first-order valence-electron chi connectivity index (χ1n) is 8.62. The summed E-state index contributed by atoms with van der Waals surface area (Å²) in [7, 11) is 0. The highest BCUT2D eigenvalue weighted by atomic mass is 16.6. The number of carbonyl (C=O) groups excluding carboxylic acids is 1. The lowest BCUT2D eigenvalue weighted by Gasteiger charge is -2.06. The van der Waals surface area contributed by atoms with Gasteiger partial charge in [0.05, 0.1) is 10.6 Å². The Morgan fingerprint density at radius 1 is 1.11 bits per heavy atom. The molecule has 28 heavy (non-hydrogen) atoms. The van der Waals surface area contributed by atoms with E-state index in [9.17, 15) is 14.9 Å². The van der Waals surface area contributed by atoms with E-state index in [1.807, 2.05) is 54.0 Å². The number of imidazole rings is 1. The predicted octanol–water partition coefficient (Wildman–Crippen LogP) is 4.47. The number of hydrogen-bond donors (Lipinski definition) is 1. The number of nitrogens with zero attached hydrogens (tertiary/aromatic N) is 3. The van der Waals surface area contributed by atoms with Crippen LogP contribution in [0.3, 0.4) is 0 Å². The number of hydrogen-bond acceptors (Lipinski definition) is 4. The van der Waals surface area contributed by atoms with Gasteiger partial charge in [-0.1, -0.05) is 18.2 Å². The molecule has 0 fully saturated rings. The Morgan fingerprint density at radius 3 is 2.61 bits per heavy atom. The summed E-state index contributed by atoms with van der Waals surface area (Å²) in [6.45, 7) is 2.01. The van der Waals surface area contributed by atoms with E-state index in [1.54, 1.807) is 6.07 Å². The number of carbonyl (C=O) groups is 1. The van der Waals surface area contributed by atoms with E-state index in [0.29, 0.717) is 11.3 Å². The number of aryl methyl sites for hydroxylation is 1. The number of benzene rings is 2. The molecular formula is C21H16N4O3. The fraction of sp³-hybridized carbons (Fsp3) is 0.0476. The van der Waals surface area contributed by atoms with Crippen LogP contribution < -0.4 is 5.32 Å². The van der Waals surface area contributed by atoms with Crippen molar-refractivity contribution in [2.45, 2.75) is 6.92 Å². The maximum atomic E-state index is 12.4. The first-order chi connectivity index (χ1) is 13.5. The Kier molecular flexibility index (Phi) is 4.33. The molecule has 0 atom stereocenters. The van der Waals surface area contributed by atoms with Crippen LogP contribution in [0.4, 0.5) is 11.4 Å². The minimum absolute atomic E-state index is 0.0549. The fourth-order valence-electron chi connectivity index (χ4n) is 2.99. The summed E-state index contributed by atoms with van der Waals surface area (Å²) >= 11 is 0. The minimum atomic E-state index is -0.498.